The molecular formula is C25H29N5. The Morgan fingerprint density at radius 3 is 2.67 bits per heavy atom. The Bertz CT molecular complexity index is 1010. The standard InChI is InChI=1S/C25H29N5/c26-20-10-8-18(9-11-20)23-16-19-17-28-25(27-12-5-15-30-13-3-4-14-30)29-24(19)22-7-2-1-6-21(22)23/h1-2,6-11,17,23H,3-5,12-16,26H2,(H,27,28,29). The van der Waals surface area contributed by atoms with E-state index in [4.69, 9.17) is 10.7 Å². The lowest BCUT2D eigenvalue weighted by molar-refractivity contribution is 0.337. The van der Waals surface area contributed by atoms with Crippen molar-refractivity contribution in [2.24, 2.45) is 0 Å². The average Bonchev–Trinajstić information content (AvgIpc) is 3.30. The molecule has 1 aliphatic carbocycles. The zero-order chi connectivity index (χ0) is 20.3. The smallest absolute Gasteiger partial charge is 0.223 e. The third kappa shape index (κ3) is 3.90. The van der Waals surface area contributed by atoms with Crippen LogP contribution in [0.25, 0.3) is 11.3 Å². The summed E-state index contributed by atoms with van der Waals surface area (Å²) >= 11 is 0. The third-order valence-corrected chi connectivity index (χ3v) is 6.35. The minimum absolute atomic E-state index is 0.303. The van der Waals surface area contributed by atoms with Crippen LogP contribution >= 0.6 is 0 Å². The molecule has 2 heterocycles. The number of rotatable bonds is 6. The molecule has 0 saturated carbocycles. The van der Waals surface area contributed by atoms with Crippen LogP contribution in [0.2, 0.25) is 0 Å². The summed E-state index contributed by atoms with van der Waals surface area (Å²) in [4.78, 5) is 12.1. The molecule has 30 heavy (non-hydrogen) atoms. The number of anilines is 2. The van der Waals surface area contributed by atoms with Crippen molar-refractivity contribution in [2.45, 2.75) is 31.6 Å². The molecule has 1 unspecified atom stereocenters. The highest BCUT2D eigenvalue weighted by Gasteiger charge is 2.27. The summed E-state index contributed by atoms with van der Waals surface area (Å²) in [5, 5.41) is 3.44. The maximum atomic E-state index is 5.90. The lowest BCUT2D eigenvalue weighted by Gasteiger charge is -2.27. The van der Waals surface area contributed by atoms with Crippen LogP contribution in [0.4, 0.5) is 11.6 Å². The maximum Gasteiger partial charge on any atom is 0.223 e. The zero-order valence-corrected chi connectivity index (χ0v) is 17.3. The molecule has 0 amide bonds. The molecule has 1 saturated heterocycles. The molecule has 154 valence electrons. The fraction of sp³-hybridized carbons (Fsp3) is 0.360. The van der Waals surface area contributed by atoms with Crippen LogP contribution in [-0.2, 0) is 6.42 Å². The molecule has 5 heteroatoms. The number of hydrogen-bond donors (Lipinski definition) is 2. The van der Waals surface area contributed by atoms with Crippen LogP contribution in [0.1, 0.15) is 41.9 Å². The van der Waals surface area contributed by atoms with Gasteiger partial charge in [0.05, 0.1) is 5.69 Å². The number of hydrogen-bond acceptors (Lipinski definition) is 5. The monoisotopic (exact) mass is 399 g/mol. The SMILES string of the molecule is Nc1ccc(C2Cc3cnc(NCCCN4CCCC4)nc3-c3ccccc32)cc1. The fourth-order valence-corrected chi connectivity index (χ4v) is 4.76. The molecule has 2 aliphatic rings. The van der Waals surface area contributed by atoms with Gasteiger partial charge in [0.1, 0.15) is 0 Å². The minimum atomic E-state index is 0.303. The highest BCUT2D eigenvalue weighted by molar-refractivity contribution is 5.72. The molecule has 1 atom stereocenters. The van der Waals surface area contributed by atoms with Crippen molar-refractivity contribution in [1.82, 2.24) is 14.9 Å². The molecule has 1 fully saturated rings. The van der Waals surface area contributed by atoms with Crippen molar-refractivity contribution in [3.63, 3.8) is 0 Å². The number of nitrogen functional groups attached to an aromatic ring is 1. The number of nitrogens with two attached hydrogens (primary N) is 1. The second-order valence-corrected chi connectivity index (χ2v) is 8.41. The van der Waals surface area contributed by atoms with Crippen molar-refractivity contribution >= 4 is 11.6 Å². The topological polar surface area (TPSA) is 67.1 Å². The van der Waals surface area contributed by atoms with E-state index in [-0.39, 0.29) is 0 Å². The van der Waals surface area contributed by atoms with E-state index >= 15 is 0 Å². The van der Waals surface area contributed by atoms with Crippen LogP contribution in [-0.4, -0.2) is 41.0 Å². The normalized spacial score (nSPS) is 18.1. The predicted octanol–water partition coefficient (Wildman–Crippen LogP) is 4.31. The molecule has 1 aromatic heterocycles. The van der Waals surface area contributed by atoms with Gasteiger partial charge in [-0.1, -0.05) is 36.4 Å². The minimum Gasteiger partial charge on any atom is -0.399 e. The first-order valence-electron chi connectivity index (χ1n) is 11.0. The van der Waals surface area contributed by atoms with Crippen molar-refractivity contribution in [2.75, 3.05) is 37.2 Å². The first-order valence-corrected chi connectivity index (χ1v) is 11.0. The molecule has 0 bridgehead atoms. The summed E-state index contributed by atoms with van der Waals surface area (Å²) < 4.78 is 0. The molecule has 2 aromatic carbocycles. The Labute approximate surface area is 178 Å². The van der Waals surface area contributed by atoms with E-state index in [0.717, 1.165) is 43.3 Å². The quantitative estimate of drug-likeness (QED) is 0.477. The van der Waals surface area contributed by atoms with Gasteiger partial charge in [-0.2, -0.15) is 0 Å². The average molecular weight is 400 g/mol. The van der Waals surface area contributed by atoms with Crippen molar-refractivity contribution in [1.29, 1.82) is 0 Å². The lowest BCUT2D eigenvalue weighted by atomic mass is 9.78. The van der Waals surface area contributed by atoms with Gasteiger partial charge >= 0.3 is 0 Å². The zero-order valence-electron chi connectivity index (χ0n) is 17.3. The van der Waals surface area contributed by atoms with Crippen LogP contribution in [0.15, 0.2) is 54.7 Å². The second kappa shape index (κ2) is 8.44. The number of nitrogens with one attached hydrogen (secondary N) is 1. The molecule has 1 aliphatic heterocycles. The van der Waals surface area contributed by atoms with Crippen LogP contribution < -0.4 is 11.1 Å². The Morgan fingerprint density at radius 1 is 1.03 bits per heavy atom. The molecule has 0 radical (unpaired) electrons. The van der Waals surface area contributed by atoms with Gasteiger partial charge < -0.3 is 16.0 Å². The van der Waals surface area contributed by atoms with Crippen LogP contribution in [0.3, 0.4) is 0 Å². The van der Waals surface area contributed by atoms with E-state index in [0.29, 0.717) is 5.92 Å². The van der Waals surface area contributed by atoms with E-state index in [1.54, 1.807) is 0 Å². The van der Waals surface area contributed by atoms with Gasteiger partial charge in [-0.05, 0) is 74.1 Å². The van der Waals surface area contributed by atoms with Gasteiger partial charge in [0.25, 0.3) is 0 Å². The van der Waals surface area contributed by atoms with Gasteiger partial charge in [0.2, 0.25) is 5.95 Å². The number of fused-ring (bicyclic) bond motifs is 3. The lowest BCUT2D eigenvalue weighted by Crippen LogP contribution is -2.22. The van der Waals surface area contributed by atoms with Crippen molar-refractivity contribution in [3.8, 4) is 11.3 Å². The summed E-state index contributed by atoms with van der Waals surface area (Å²) in [5.74, 6) is 1.04. The van der Waals surface area contributed by atoms with E-state index in [1.807, 2.05) is 18.3 Å². The Balaban J connectivity index is 1.35. The van der Waals surface area contributed by atoms with Gasteiger partial charge in [-0.3, -0.25) is 0 Å². The molecule has 5 nitrogen and oxygen atoms in total. The third-order valence-electron chi connectivity index (χ3n) is 6.35. The van der Waals surface area contributed by atoms with E-state index in [9.17, 15) is 0 Å². The Morgan fingerprint density at radius 2 is 1.83 bits per heavy atom. The van der Waals surface area contributed by atoms with Crippen molar-refractivity contribution in [3.05, 3.63) is 71.4 Å². The van der Waals surface area contributed by atoms with Crippen LogP contribution in [0, 0.1) is 0 Å². The van der Waals surface area contributed by atoms with Gasteiger partial charge in [-0.25, -0.2) is 9.97 Å². The molecule has 3 N–H and O–H groups in total. The van der Waals surface area contributed by atoms with Crippen molar-refractivity contribution < 1.29 is 0 Å². The van der Waals surface area contributed by atoms with Crippen LogP contribution in [0.5, 0.6) is 0 Å². The highest BCUT2D eigenvalue weighted by Crippen LogP contribution is 2.41. The number of benzene rings is 2. The largest absolute Gasteiger partial charge is 0.399 e. The molecule has 3 aromatic rings. The van der Waals surface area contributed by atoms with Gasteiger partial charge in [-0.15, -0.1) is 0 Å². The summed E-state index contributed by atoms with van der Waals surface area (Å²) in [6, 6.07) is 16.9. The predicted molar refractivity (Wildman–Crippen MR) is 123 cm³/mol. The molecular weight excluding hydrogens is 370 g/mol. The van der Waals surface area contributed by atoms with E-state index in [2.05, 4.69) is 51.6 Å². The summed E-state index contributed by atoms with van der Waals surface area (Å²) in [5.41, 5.74) is 12.8. The van der Waals surface area contributed by atoms with E-state index in [1.165, 1.54) is 48.2 Å². The van der Waals surface area contributed by atoms with Gasteiger partial charge in [0.15, 0.2) is 0 Å². The molecule has 5 rings (SSSR count). The first-order chi connectivity index (χ1) is 14.8. The Kier molecular flexibility index (Phi) is 5.37. The number of aromatic nitrogens is 2. The fourth-order valence-electron chi connectivity index (χ4n) is 4.76. The number of likely N-dealkylation sites (tertiary alicyclic amines) is 1. The highest BCUT2D eigenvalue weighted by atomic mass is 15.1. The first kappa shape index (κ1) is 19.1. The number of nitrogens with zero attached hydrogens (tertiary/aromatic N) is 3. The maximum absolute atomic E-state index is 5.90. The summed E-state index contributed by atoms with van der Waals surface area (Å²) in [7, 11) is 0. The summed E-state index contributed by atoms with van der Waals surface area (Å²) in [6.45, 7) is 4.57. The second-order valence-electron chi connectivity index (χ2n) is 8.41. The van der Waals surface area contributed by atoms with Gasteiger partial charge in [0, 0.05) is 29.9 Å². The molecule has 0 spiro atoms. The van der Waals surface area contributed by atoms with E-state index < -0.39 is 0 Å². The Hall–Kier alpha value is -2.92. The summed E-state index contributed by atoms with van der Waals surface area (Å²) in [6.07, 6.45) is 6.73.